The molecule has 8 aromatic rings. The average molecular weight is 681 g/mol. The van der Waals surface area contributed by atoms with Crippen LogP contribution in [0.4, 0.5) is 34.1 Å². The van der Waals surface area contributed by atoms with Gasteiger partial charge < -0.3 is 9.80 Å². The second-order valence-electron chi connectivity index (χ2n) is 15.6. The van der Waals surface area contributed by atoms with Crippen molar-refractivity contribution in [3.05, 3.63) is 158 Å². The van der Waals surface area contributed by atoms with Gasteiger partial charge >= 0.3 is 0 Å². The molecule has 0 bridgehead atoms. The van der Waals surface area contributed by atoms with Crippen LogP contribution in [0.3, 0.4) is 0 Å². The first-order chi connectivity index (χ1) is 24.0. The van der Waals surface area contributed by atoms with Gasteiger partial charge in [0.2, 0.25) is 0 Å². The van der Waals surface area contributed by atoms with Gasteiger partial charge in [-0.3, -0.25) is 0 Å². The van der Waals surface area contributed by atoms with Crippen LogP contribution in [0.2, 0.25) is 39.3 Å². The van der Waals surface area contributed by atoms with E-state index in [1.807, 2.05) is 0 Å². The fourth-order valence-electron chi connectivity index (χ4n) is 7.33. The molecule has 0 aliphatic carbocycles. The molecule has 0 aliphatic heterocycles. The molecule has 2 nitrogen and oxygen atoms in total. The van der Waals surface area contributed by atoms with E-state index >= 15 is 0 Å². The second-order valence-corrected chi connectivity index (χ2v) is 25.8. The van der Waals surface area contributed by atoms with Gasteiger partial charge in [0.1, 0.15) is 0 Å². The third-order valence-electron chi connectivity index (χ3n) is 10.0. The first-order valence-corrected chi connectivity index (χ1v) is 24.7. The molecule has 0 saturated heterocycles. The number of hydrogen-bond acceptors (Lipinski definition) is 2. The summed E-state index contributed by atoms with van der Waals surface area (Å²) in [5.41, 5.74) is 7.00. The summed E-state index contributed by atoms with van der Waals surface area (Å²) in [6, 6.07) is 58.7. The number of anilines is 6. The van der Waals surface area contributed by atoms with Crippen molar-refractivity contribution in [3.63, 3.8) is 0 Å². The van der Waals surface area contributed by atoms with Crippen LogP contribution in [-0.2, 0) is 0 Å². The summed E-state index contributed by atoms with van der Waals surface area (Å²) in [5, 5.41) is 10.6. The van der Waals surface area contributed by atoms with Crippen molar-refractivity contribution in [2.75, 3.05) is 9.80 Å². The minimum Gasteiger partial charge on any atom is -0.310 e. The van der Waals surface area contributed by atoms with Crippen LogP contribution in [0, 0.1) is 0 Å². The zero-order valence-corrected chi connectivity index (χ0v) is 31.9. The highest BCUT2D eigenvalue weighted by Gasteiger charge is 2.21. The predicted octanol–water partition coefficient (Wildman–Crippen LogP) is 12.6. The lowest BCUT2D eigenvalue weighted by Crippen LogP contribution is -2.37. The smallest absolute Gasteiger partial charge is 0.0775 e. The van der Waals surface area contributed by atoms with Crippen LogP contribution in [0.25, 0.3) is 32.3 Å². The Labute approximate surface area is 298 Å². The minimum atomic E-state index is -1.41. The standard InChI is InChI=1S/C46H44N2Si2/c1-49(2,3)43-25-21-39(22-26-43)47(37-13-9-7-10-14-37)41-29-33-17-19-35-31-42(32-36-20-18-34(30-41)45(33)46(35)36)48(38-15-11-8-12-16-38)40-23-27-44(28-24-40)50(4,5)6/h7-32H,1-6H3. The molecule has 0 N–H and O–H groups in total. The third-order valence-corrected chi connectivity index (χ3v) is 14.2. The van der Waals surface area contributed by atoms with Crippen LogP contribution in [0.5, 0.6) is 0 Å². The quantitative estimate of drug-likeness (QED) is 0.116. The van der Waals surface area contributed by atoms with Gasteiger partial charge in [-0.05, 0) is 105 Å². The number of hydrogen-bond donors (Lipinski definition) is 0. The highest BCUT2D eigenvalue weighted by atomic mass is 28.3. The van der Waals surface area contributed by atoms with Crippen LogP contribution < -0.4 is 20.2 Å². The molecule has 8 aromatic carbocycles. The van der Waals surface area contributed by atoms with Gasteiger partial charge in [0.15, 0.2) is 0 Å². The summed E-state index contributed by atoms with van der Waals surface area (Å²) in [7, 11) is -2.82. The van der Waals surface area contributed by atoms with Crippen molar-refractivity contribution < 1.29 is 0 Å². The highest BCUT2D eigenvalue weighted by molar-refractivity contribution is 6.89. The molecule has 0 aliphatic rings. The molecule has 0 atom stereocenters. The zero-order chi connectivity index (χ0) is 34.6. The molecule has 0 aromatic heterocycles. The van der Waals surface area contributed by atoms with E-state index in [1.54, 1.807) is 0 Å². The summed E-state index contributed by atoms with van der Waals surface area (Å²) >= 11 is 0. The van der Waals surface area contributed by atoms with Crippen LogP contribution >= 0.6 is 0 Å². The SMILES string of the molecule is C[Si](C)(C)c1ccc(N(c2ccccc2)c2cc3ccc4cc(N(c5ccccc5)c5ccc([Si](C)(C)C)cc5)cc5ccc(c2)c3c45)cc1. The molecule has 4 heteroatoms. The van der Waals surface area contributed by atoms with Gasteiger partial charge in [0, 0.05) is 34.1 Å². The largest absolute Gasteiger partial charge is 0.310 e. The zero-order valence-electron chi connectivity index (χ0n) is 29.9. The maximum absolute atomic E-state index is 2.41. The molecule has 8 rings (SSSR count). The van der Waals surface area contributed by atoms with Crippen molar-refractivity contribution in [2.24, 2.45) is 0 Å². The van der Waals surface area contributed by atoms with Crippen LogP contribution in [0.1, 0.15) is 0 Å². The summed E-state index contributed by atoms with van der Waals surface area (Å²) in [6.45, 7) is 14.4. The Hall–Kier alpha value is -5.17. The molecular formula is C46H44N2Si2. The van der Waals surface area contributed by atoms with Gasteiger partial charge in [-0.1, -0.05) is 135 Å². The molecule has 0 amide bonds. The molecule has 0 radical (unpaired) electrons. The van der Waals surface area contributed by atoms with Crippen molar-refractivity contribution >= 4 is 93.0 Å². The summed E-state index contributed by atoms with van der Waals surface area (Å²) in [6.07, 6.45) is 0. The maximum Gasteiger partial charge on any atom is 0.0775 e. The Kier molecular flexibility index (Phi) is 7.89. The second kappa shape index (κ2) is 12.3. The Morgan fingerprint density at radius 1 is 0.300 bits per heavy atom. The molecule has 246 valence electrons. The first-order valence-electron chi connectivity index (χ1n) is 17.7. The predicted molar refractivity (Wildman–Crippen MR) is 225 cm³/mol. The number of rotatable bonds is 8. The number of benzene rings is 8. The van der Waals surface area contributed by atoms with Gasteiger partial charge in [0.05, 0.1) is 16.1 Å². The number of para-hydroxylation sites is 2. The van der Waals surface area contributed by atoms with E-state index in [0.717, 1.165) is 11.4 Å². The van der Waals surface area contributed by atoms with Gasteiger partial charge in [-0.2, -0.15) is 0 Å². The normalized spacial score (nSPS) is 12.2. The lowest BCUT2D eigenvalue weighted by atomic mass is 9.93. The molecule has 0 fully saturated rings. The van der Waals surface area contributed by atoms with E-state index in [2.05, 4.69) is 207 Å². The summed E-state index contributed by atoms with van der Waals surface area (Å²) < 4.78 is 0. The maximum atomic E-state index is 2.41. The van der Waals surface area contributed by atoms with Crippen molar-refractivity contribution in [1.82, 2.24) is 0 Å². The Morgan fingerprint density at radius 2 is 0.580 bits per heavy atom. The molecule has 0 unspecified atom stereocenters. The Balaban J connectivity index is 1.26. The molecule has 50 heavy (non-hydrogen) atoms. The summed E-state index contributed by atoms with van der Waals surface area (Å²) in [4.78, 5) is 4.79. The van der Waals surface area contributed by atoms with Gasteiger partial charge in [-0.25, -0.2) is 0 Å². The molecule has 0 spiro atoms. The van der Waals surface area contributed by atoms with E-state index in [-0.39, 0.29) is 0 Å². The fourth-order valence-corrected chi connectivity index (χ4v) is 9.67. The fraction of sp³-hybridized carbons (Fsp3) is 0.130. The Morgan fingerprint density at radius 3 is 0.860 bits per heavy atom. The van der Waals surface area contributed by atoms with E-state index < -0.39 is 16.1 Å². The van der Waals surface area contributed by atoms with E-state index in [1.165, 1.54) is 65.4 Å². The minimum absolute atomic E-state index is 1.16. The lowest BCUT2D eigenvalue weighted by molar-refractivity contribution is 1.29. The molecular weight excluding hydrogens is 637 g/mol. The lowest BCUT2D eigenvalue weighted by Gasteiger charge is -2.28. The van der Waals surface area contributed by atoms with Crippen molar-refractivity contribution in [1.29, 1.82) is 0 Å². The highest BCUT2D eigenvalue weighted by Crippen LogP contribution is 2.44. The van der Waals surface area contributed by atoms with Crippen LogP contribution in [0.15, 0.2) is 158 Å². The van der Waals surface area contributed by atoms with Crippen molar-refractivity contribution in [2.45, 2.75) is 39.3 Å². The first kappa shape index (κ1) is 32.1. The van der Waals surface area contributed by atoms with Gasteiger partial charge in [0.25, 0.3) is 0 Å². The van der Waals surface area contributed by atoms with Crippen molar-refractivity contribution in [3.8, 4) is 0 Å². The third kappa shape index (κ3) is 5.89. The Bertz CT molecular complexity index is 2180. The van der Waals surface area contributed by atoms with E-state index in [9.17, 15) is 0 Å². The van der Waals surface area contributed by atoms with E-state index in [4.69, 9.17) is 0 Å². The van der Waals surface area contributed by atoms with Gasteiger partial charge in [-0.15, -0.1) is 0 Å². The van der Waals surface area contributed by atoms with Crippen LogP contribution in [-0.4, -0.2) is 16.1 Å². The summed E-state index contributed by atoms with van der Waals surface area (Å²) in [5.74, 6) is 0. The average Bonchev–Trinajstić information content (AvgIpc) is 3.11. The molecule has 0 saturated carbocycles. The molecule has 0 heterocycles. The number of nitrogens with zero attached hydrogens (tertiary/aromatic N) is 2. The topological polar surface area (TPSA) is 6.48 Å². The monoisotopic (exact) mass is 680 g/mol. The van der Waals surface area contributed by atoms with E-state index in [0.29, 0.717) is 0 Å².